The Bertz CT molecular complexity index is 1070. The maximum absolute atomic E-state index is 12.6. The third kappa shape index (κ3) is 3.74. The second-order valence-electron chi connectivity index (χ2n) is 6.83. The second kappa shape index (κ2) is 7.34. The van der Waals surface area contributed by atoms with Gasteiger partial charge in [0, 0.05) is 11.4 Å². The number of carbonyl (C=O) groups is 2. The van der Waals surface area contributed by atoms with Gasteiger partial charge in [0.25, 0.3) is 10.0 Å². The molecule has 2 aromatic rings. The molecule has 9 heteroatoms. The predicted octanol–water partition coefficient (Wildman–Crippen LogP) is 2.08. The van der Waals surface area contributed by atoms with Crippen molar-refractivity contribution in [3.05, 3.63) is 66.7 Å². The van der Waals surface area contributed by atoms with Crippen LogP contribution in [0.2, 0.25) is 0 Å². The van der Waals surface area contributed by atoms with E-state index in [0.29, 0.717) is 11.4 Å². The molecule has 8 nitrogen and oxygen atoms in total. The molecular formula is C20H18N2O6S. The van der Waals surface area contributed by atoms with Gasteiger partial charge in [0.05, 0.1) is 23.0 Å². The Morgan fingerprint density at radius 2 is 1.48 bits per heavy atom. The molecule has 0 aromatic heterocycles. The van der Waals surface area contributed by atoms with Crippen LogP contribution in [-0.4, -0.2) is 37.6 Å². The third-order valence-corrected chi connectivity index (χ3v) is 6.34. The van der Waals surface area contributed by atoms with Crippen LogP contribution in [0.4, 0.5) is 11.4 Å². The van der Waals surface area contributed by atoms with Crippen molar-refractivity contribution in [1.29, 1.82) is 0 Å². The highest BCUT2D eigenvalue weighted by molar-refractivity contribution is 7.92. The molecule has 4 rings (SSSR count). The molecule has 1 saturated heterocycles. The molecule has 0 spiro atoms. The summed E-state index contributed by atoms with van der Waals surface area (Å²) in [5, 5.41) is 12.1. The lowest BCUT2D eigenvalue weighted by Crippen LogP contribution is -2.39. The SMILES string of the molecule is O=C(O)[C@@H]1[C@H](C(=O)Nc2ccc(S(=O)(=O)Nc3ccccc3)cc2)[C@H]2C=C[C@H]1O2. The van der Waals surface area contributed by atoms with Gasteiger partial charge in [-0.25, -0.2) is 8.42 Å². The number of rotatable bonds is 6. The molecule has 2 aromatic carbocycles. The predicted molar refractivity (Wildman–Crippen MR) is 105 cm³/mol. The highest BCUT2D eigenvalue weighted by Crippen LogP contribution is 2.39. The van der Waals surface area contributed by atoms with Gasteiger partial charge in [-0.3, -0.25) is 14.3 Å². The number of carbonyl (C=O) groups excluding carboxylic acids is 1. The van der Waals surface area contributed by atoms with Crippen molar-refractivity contribution in [2.24, 2.45) is 11.8 Å². The van der Waals surface area contributed by atoms with E-state index in [4.69, 9.17) is 4.74 Å². The second-order valence-corrected chi connectivity index (χ2v) is 8.51. The summed E-state index contributed by atoms with van der Waals surface area (Å²) < 4.78 is 32.9. The monoisotopic (exact) mass is 414 g/mol. The number of nitrogens with one attached hydrogen (secondary N) is 2. The normalized spacial score (nSPS) is 25.0. The Hall–Kier alpha value is -3.17. The van der Waals surface area contributed by atoms with Crippen LogP contribution in [0.5, 0.6) is 0 Å². The number of ether oxygens (including phenoxy) is 1. The highest BCUT2D eigenvalue weighted by atomic mass is 32.2. The fraction of sp³-hybridized carbons (Fsp3) is 0.200. The first-order valence-corrected chi connectivity index (χ1v) is 10.4. The number of fused-ring (bicyclic) bond motifs is 2. The van der Waals surface area contributed by atoms with Gasteiger partial charge >= 0.3 is 5.97 Å². The van der Waals surface area contributed by atoms with E-state index in [9.17, 15) is 23.1 Å². The fourth-order valence-corrected chi connectivity index (χ4v) is 4.64. The van der Waals surface area contributed by atoms with Crippen LogP contribution in [0.15, 0.2) is 71.6 Å². The first kappa shape index (κ1) is 19.2. The van der Waals surface area contributed by atoms with Gasteiger partial charge in [-0.05, 0) is 36.4 Å². The number of hydrogen-bond donors (Lipinski definition) is 3. The largest absolute Gasteiger partial charge is 0.481 e. The quantitative estimate of drug-likeness (QED) is 0.622. The van der Waals surface area contributed by atoms with E-state index in [-0.39, 0.29) is 4.90 Å². The van der Waals surface area contributed by atoms with E-state index >= 15 is 0 Å². The Balaban J connectivity index is 1.46. The van der Waals surface area contributed by atoms with Crippen molar-refractivity contribution in [2.45, 2.75) is 17.1 Å². The molecule has 0 saturated carbocycles. The summed E-state index contributed by atoms with van der Waals surface area (Å²) in [6.07, 6.45) is 2.17. The molecule has 2 bridgehead atoms. The fourth-order valence-electron chi connectivity index (χ4n) is 3.58. The minimum absolute atomic E-state index is 0.0361. The molecule has 1 fully saturated rings. The van der Waals surface area contributed by atoms with Crippen LogP contribution in [0.3, 0.4) is 0 Å². The van der Waals surface area contributed by atoms with Crippen LogP contribution in [0.1, 0.15) is 0 Å². The Kier molecular flexibility index (Phi) is 4.85. The standard InChI is InChI=1S/C20H18N2O6S/c23-19(17-15-10-11-16(28-15)18(17)20(24)25)21-12-6-8-14(9-7-12)29(26,27)22-13-4-2-1-3-5-13/h1-11,15-18,22H,(H,21,23)(H,24,25)/t15-,16-,17-,18+/m1/s1. The van der Waals surface area contributed by atoms with Crippen LogP contribution >= 0.6 is 0 Å². The number of sulfonamides is 1. The molecule has 0 aliphatic carbocycles. The maximum atomic E-state index is 12.6. The minimum Gasteiger partial charge on any atom is -0.481 e. The van der Waals surface area contributed by atoms with Gasteiger partial charge in [0.2, 0.25) is 5.91 Å². The highest BCUT2D eigenvalue weighted by Gasteiger charge is 2.53. The van der Waals surface area contributed by atoms with E-state index in [1.54, 1.807) is 42.5 Å². The average Bonchev–Trinajstić information content (AvgIpc) is 3.30. The molecule has 0 radical (unpaired) electrons. The molecule has 0 unspecified atom stereocenters. The van der Waals surface area contributed by atoms with Gasteiger partial charge in [-0.15, -0.1) is 0 Å². The van der Waals surface area contributed by atoms with Gasteiger partial charge < -0.3 is 15.2 Å². The maximum Gasteiger partial charge on any atom is 0.310 e. The van der Waals surface area contributed by atoms with E-state index in [0.717, 1.165) is 0 Å². The van der Waals surface area contributed by atoms with Gasteiger partial charge in [-0.1, -0.05) is 30.4 Å². The van der Waals surface area contributed by atoms with E-state index < -0.39 is 45.9 Å². The number of benzene rings is 2. The van der Waals surface area contributed by atoms with E-state index in [2.05, 4.69) is 10.0 Å². The van der Waals surface area contributed by atoms with Gasteiger partial charge in [0.15, 0.2) is 0 Å². The van der Waals surface area contributed by atoms with Crippen molar-refractivity contribution >= 4 is 33.3 Å². The van der Waals surface area contributed by atoms with Gasteiger partial charge in [0.1, 0.15) is 5.92 Å². The summed E-state index contributed by atoms with van der Waals surface area (Å²) in [5.41, 5.74) is 0.804. The number of amides is 1. The molecule has 150 valence electrons. The van der Waals surface area contributed by atoms with Gasteiger partial charge in [-0.2, -0.15) is 0 Å². The van der Waals surface area contributed by atoms with Crippen LogP contribution in [-0.2, 0) is 24.3 Å². The summed E-state index contributed by atoms with van der Waals surface area (Å²) in [5.74, 6) is -3.35. The summed E-state index contributed by atoms with van der Waals surface area (Å²) >= 11 is 0. The van der Waals surface area contributed by atoms with Crippen LogP contribution in [0.25, 0.3) is 0 Å². The molecule has 2 aliphatic heterocycles. The van der Waals surface area contributed by atoms with Crippen molar-refractivity contribution in [2.75, 3.05) is 10.0 Å². The van der Waals surface area contributed by atoms with E-state index in [1.165, 1.54) is 24.3 Å². The molecule has 4 atom stereocenters. The van der Waals surface area contributed by atoms with Crippen molar-refractivity contribution in [1.82, 2.24) is 0 Å². The molecule has 3 N–H and O–H groups in total. The number of carboxylic acids is 1. The van der Waals surface area contributed by atoms with Crippen molar-refractivity contribution in [3.8, 4) is 0 Å². The minimum atomic E-state index is -3.77. The summed E-state index contributed by atoms with van der Waals surface area (Å²) in [7, 11) is -3.77. The Morgan fingerprint density at radius 1 is 0.862 bits per heavy atom. The van der Waals surface area contributed by atoms with Crippen molar-refractivity contribution < 1.29 is 27.9 Å². The molecule has 2 heterocycles. The van der Waals surface area contributed by atoms with Crippen LogP contribution in [0, 0.1) is 11.8 Å². The third-order valence-electron chi connectivity index (χ3n) is 4.95. The number of anilines is 2. The lowest BCUT2D eigenvalue weighted by molar-refractivity contribution is -0.145. The number of carboxylic acid groups (broad SMARTS) is 1. The Morgan fingerprint density at radius 3 is 2.10 bits per heavy atom. The Labute approximate surface area is 167 Å². The first-order chi connectivity index (χ1) is 13.8. The molecule has 1 amide bonds. The molecule has 29 heavy (non-hydrogen) atoms. The topological polar surface area (TPSA) is 122 Å². The first-order valence-electron chi connectivity index (χ1n) is 8.90. The zero-order valence-electron chi connectivity index (χ0n) is 15.1. The number of hydrogen-bond acceptors (Lipinski definition) is 5. The number of aliphatic carboxylic acids is 1. The zero-order valence-corrected chi connectivity index (χ0v) is 15.9. The number of para-hydroxylation sites is 1. The van der Waals surface area contributed by atoms with E-state index in [1.807, 2.05) is 0 Å². The molecule has 2 aliphatic rings. The summed E-state index contributed by atoms with van der Waals surface area (Å²) in [4.78, 5) is 24.2. The summed E-state index contributed by atoms with van der Waals surface area (Å²) in [6, 6.07) is 14.1. The molecular weight excluding hydrogens is 396 g/mol. The smallest absolute Gasteiger partial charge is 0.310 e. The zero-order chi connectivity index (χ0) is 20.6. The van der Waals surface area contributed by atoms with Crippen molar-refractivity contribution in [3.63, 3.8) is 0 Å². The lowest BCUT2D eigenvalue weighted by Gasteiger charge is -2.21. The van der Waals surface area contributed by atoms with Crippen LogP contribution < -0.4 is 10.0 Å². The average molecular weight is 414 g/mol. The lowest BCUT2D eigenvalue weighted by atomic mass is 9.82. The summed E-state index contributed by atoms with van der Waals surface area (Å²) in [6.45, 7) is 0.